The number of benzene rings is 1. The summed E-state index contributed by atoms with van der Waals surface area (Å²) in [5.74, 6) is -1.65. The van der Waals surface area contributed by atoms with E-state index in [1.807, 2.05) is 0 Å². The smallest absolute Gasteiger partial charge is 0.271 e. The van der Waals surface area contributed by atoms with Crippen LogP contribution in [0.4, 0.5) is 8.78 Å². The summed E-state index contributed by atoms with van der Waals surface area (Å²) in [6.07, 6.45) is 1.42. The summed E-state index contributed by atoms with van der Waals surface area (Å²) in [5.41, 5.74) is -0.918. The van der Waals surface area contributed by atoms with Gasteiger partial charge in [-0.1, -0.05) is 0 Å². The molecule has 0 aliphatic rings. The SMILES string of the molecule is COc1cc(F)c(-n2c(=O)ccn2C)c(F)c1. The van der Waals surface area contributed by atoms with Crippen LogP contribution in [0.5, 0.6) is 5.75 Å². The van der Waals surface area contributed by atoms with Crippen LogP contribution in [0.15, 0.2) is 29.2 Å². The molecule has 4 nitrogen and oxygen atoms in total. The van der Waals surface area contributed by atoms with Crippen molar-refractivity contribution >= 4 is 0 Å². The van der Waals surface area contributed by atoms with Crippen molar-refractivity contribution < 1.29 is 13.5 Å². The summed E-state index contributed by atoms with van der Waals surface area (Å²) < 4.78 is 34.4. The van der Waals surface area contributed by atoms with Gasteiger partial charge in [-0.3, -0.25) is 9.48 Å². The van der Waals surface area contributed by atoms with Gasteiger partial charge in [0.15, 0.2) is 11.6 Å². The van der Waals surface area contributed by atoms with Crippen molar-refractivity contribution in [2.45, 2.75) is 0 Å². The zero-order chi connectivity index (χ0) is 12.6. The maximum atomic E-state index is 13.7. The Morgan fingerprint density at radius 2 is 1.82 bits per heavy atom. The maximum absolute atomic E-state index is 13.7. The Bertz CT molecular complexity index is 593. The maximum Gasteiger partial charge on any atom is 0.271 e. The molecule has 0 aliphatic carbocycles. The summed E-state index contributed by atoms with van der Waals surface area (Å²) in [4.78, 5) is 11.5. The molecule has 0 atom stereocenters. The topological polar surface area (TPSA) is 36.2 Å². The third-order valence-electron chi connectivity index (χ3n) is 2.39. The summed E-state index contributed by atoms with van der Waals surface area (Å²) in [5, 5.41) is 0. The van der Waals surface area contributed by atoms with E-state index < -0.39 is 22.9 Å². The lowest BCUT2D eigenvalue weighted by molar-refractivity contribution is 0.405. The first-order chi connectivity index (χ1) is 8.04. The van der Waals surface area contributed by atoms with Crippen LogP contribution in [-0.2, 0) is 7.05 Å². The zero-order valence-electron chi connectivity index (χ0n) is 9.28. The number of aryl methyl sites for hydroxylation is 1. The second-order valence-electron chi connectivity index (χ2n) is 3.48. The number of hydrogen-bond donors (Lipinski definition) is 0. The van der Waals surface area contributed by atoms with Gasteiger partial charge >= 0.3 is 0 Å². The fraction of sp³-hybridized carbons (Fsp3) is 0.182. The van der Waals surface area contributed by atoms with Gasteiger partial charge < -0.3 is 4.74 Å². The molecule has 0 unspecified atom stereocenters. The lowest BCUT2D eigenvalue weighted by Crippen LogP contribution is -2.21. The Balaban J connectivity index is 2.73. The Labute approximate surface area is 95.6 Å². The summed E-state index contributed by atoms with van der Waals surface area (Å²) in [6.45, 7) is 0. The van der Waals surface area contributed by atoms with Crippen molar-refractivity contribution in [1.82, 2.24) is 9.36 Å². The van der Waals surface area contributed by atoms with E-state index in [0.29, 0.717) is 0 Å². The number of methoxy groups -OCH3 is 1. The monoisotopic (exact) mass is 240 g/mol. The quantitative estimate of drug-likeness (QED) is 0.796. The van der Waals surface area contributed by atoms with E-state index in [0.717, 1.165) is 16.8 Å². The van der Waals surface area contributed by atoms with Crippen LogP contribution in [-0.4, -0.2) is 16.5 Å². The van der Waals surface area contributed by atoms with Crippen molar-refractivity contribution in [3.05, 3.63) is 46.4 Å². The molecule has 0 fully saturated rings. The van der Waals surface area contributed by atoms with Crippen molar-refractivity contribution in [3.8, 4) is 11.4 Å². The van der Waals surface area contributed by atoms with Gasteiger partial charge in [-0.25, -0.2) is 13.5 Å². The molecule has 0 saturated heterocycles. The highest BCUT2D eigenvalue weighted by atomic mass is 19.1. The molecule has 0 aliphatic heterocycles. The standard InChI is InChI=1S/C11H10F2N2O2/c1-14-4-3-10(16)15(14)11-8(12)5-7(17-2)6-9(11)13/h3-6H,1-2H3. The van der Waals surface area contributed by atoms with Gasteiger partial charge in [0.1, 0.15) is 11.4 Å². The molecule has 0 radical (unpaired) electrons. The van der Waals surface area contributed by atoms with Crippen molar-refractivity contribution in [2.24, 2.45) is 7.05 Å². The van der Waals surface area contributed by atoms with E-state index in [2.05, 4.69) is 0 Å². The number of nitrogens with zero attached hydrogens (tertiary/aromatic N) is 2. The molecular formula is C11H10F2N2O2. The van der Waals surface area contributed by atoms with E-state index in [-0.39, 0.29) is 5.75 Å². The van der Waals surface area contributed by atoms with Gasteiger partial charge in [-0.15, -0.1) is 0 Å². The van der Waals surface area contributed by atoms with E-state index in [9.17, 15) is 13.6 Å². The summed E-state index contributed by atoms with van der Waals surface area (Å²) >= 11 is 0. The molecule has 1 heterocycles. The van der Waals surface area contributed by atoms with Gasteiger partial charge in [0.2, 0.25) is 0 Å². The van der Waals surface area contributed by atoms with Gasteiger partial charge in [0.25, 0.3) is 5.56 Å². The highest BCUT2D eigenvalue weighted by Gasteiger charge is 2.16. The van der Waals surface area contributed by atoms with Crippen LogP contribution in [0.1, 0.15) is 0 Å². The average molecular weight is 240 g/mol. The fourth-order valence-electron chi connectivity index (χ4n) is 1.59. The van der Waals surface area contributed by atoms with Crippen molar-refractivity contribution in [2.75, 3.05) is 7.11 Å². The summed E-state index contributed by atoms with van der Waals surface area (Å²) in [7, 11) is 2.83. The lowest BCUT2D eigenvalue weighted by Gasteiger charge is -2.10. The third kappa shape index (κ3) is 1.82. The number of hydrogen-bond acceptors (Lipinski definition) is 2. The minimum atomic E-state index is -0.856. The molecular weight excluding hydrogens is 230 g/mol. The Kier molecular flexibility index (Phi) is 2.71. The number of aromatic nitrogens is 2. The minimum Gasteiger partial charge on any atom is -0.497 e. The van der Waals surface area contributed by atoms with Crippen LogP contribution in [0.3, 0.4) is 0 Å². The molecule has 0 spiro atoms. The predicted molar refractivity (Wildman–Crippen MR) is 57.5 cm³/mol. The molecule has 0 saturated carbocycles. The van der Waals surface area contributed by atoms with Crippen LogP contribution in [0, 0.1) is 11.6 Å². The Morgan fingerprint density at radius 1 is 1.24 bits per heavy atom. The molecule has 0 N–H and O–H groups in total. The molecule has 1 aromatic heterocycles. The minimum absolute atomic E-state index is 0.0611. The largest absolute Gasteiger partial charge is 0.497 e. The summed E-state index contributed by atoms with van der Waals surface area (Å²) in [6, 6.07) is 3.28. The third-order valence-corrected chi connectivity index (χ3v) is 2.39. The van der Waals surface area contributed by atoms with E-state index in [4.69, 9.17) is 4.74 Å². The van der Waals surface area contributed by atoms with E-state index >= 15 is 0 Å². The molecule has 90 valence electrons. The fourth-order valence-corrected chi connectivity index (χ4v) is 1.59. The number of halogens is 2. The molecule has 0 amide bonds. The number of rotatable bonds is 2. The molecule has 1 aromatic carbocycles. The zero-order valence-corrected chi connectivity index (χ0v) is 9.28. The van der Waals surface area contributed by atoms with Crippen LogP contribution < -0.4 is 10.3 Å². The van der Waals surface area contributed by atoms with Crippen LogP contribution >= 0.6 is 0 Å². The highest BCUT2D eigenvalue weighted by Crippen LogP contribution is 2.22. The molecule has 2 rings (SSSR count). The van der Waals surface area contributed by atoms with Gasteiger partial charge in [-0.05, 0) is 0 Å². The second kappa shape index (κ2) is 4.04. The van der Waals surface area contributed by atoms with Gasteiger partial charge in [0, 0.05) is 31.4 Å². The number of ether oxygens (including phenoxy) is 1. The molecule has 6 heteroatoms. The van der Waals surface area contributed by atoms with E-state index in [1.165, 1.54) is 31.1 Å². The van der Waals surface area contributed by atoms with Gasteiger partial charge in [0.05, 0.1) is 7.11 Å². The van der Waals surface area contributed by atoms with Crippen molar-refractivity contribution in [1.29, 1.82) is 0 Å². The predicted octanol–water partition coefficient (Wildman–Crippen LogP) is 1.46. The van der Waals surface area contributed by atoms with Crippen molar-refractivity contribution in [3.63, 3.8) is 0 Å². The highest BCUT2D eigenvalue weighted by molar-refractivity contribution is 5.40. The van der Waals surface area contributed by atoms with E-state index in [1.54, 1.807) is 0 Å². The first-order valence-corrected chi connectivity index (χ1v) is 4.82. The second-order valence-corrected chi connectivity index (χ2v) is 3.48. The Morgan fingerprint density at radius 3 is 2.24 bits per heavy atom. The van der Waals surface area contributed by atoms with Crippen LogP contribution in [0.25, 0.3) is 5.69 Å². The Hall–Kier alpha value is -2.11. The molecule has 0 bridgehead atoms. The lowest BCUT2D eigenvalue weighted by atomic mass is 10.2. The van der Waals surface area contributed by atoms with Gasteiger partial charge in [-0.2, -0.15) is 0 Å². The molecule has 17 heavy (non-hydrogen) atoms. The van der Waals surface area contributed by atoms with Crippen LogP contribution in [0.2, 0.25) is 0 Å². The molecule has 2 aromatic rings. The normalized spacial score (nSPS) is 10.6. The first kappa shape index (κ1) is 11.4. The average Bonchev–Trinajstić information content (AvgIpc) is 2.59. The first-order valence-electron chi connectivity index (χ1n) is 4.82.